The van der Waals surface area contributed by atoms with Crippen molar-refractivity contribution in [2.75, 3.05) is 0 Å². The van der Waals surface area contributed by atoms with Gasteiger partial charge in [0.2, 0.25) is 0 Å². The Bertz CT molecular complexity index is 952. The fourth-order valence-corrected chi connectivity index (χ4v) is 5.20. The first-order chi connectivity index (χ1) is 15.1. The Balaban J connectivity index is 2.06. The van der Waals surface area contributed by atoms with Crippen LogP contribution in [0.3, 0.4) is 0 Å². The van der Waals surface area contributed by atoms with Gasteiger partial charge in [-0.05, 0) is 42.4 Å². The molecule has 0 spiro atoms. The van der Waals surface area contributed by atoms with E-state index in [0.717, 1.165) is 0 Å². The Morgan fingerprint density at radius 1 is 0.788 bits per heavy atom. The summed E-state index contributed by atoms with van der Waals surface area (Å²) in [6.45, 7) is 10.8. The molecule has 1 N–H and O–H groups in total. The molecule has 3 rings (SSSR count). The number of rotatable bonds is 3. The lowest BCUT2D eigenvalue weighted by Crippen LogP contribution is -2.48. The van der Waals surface area contributed by atoms with E-state index in [1.807, 2.05) is 27.7 Å². The lowest BCUT2D eigenvalue weighted by molar-refractivity contribution is -0.145. The Hall–Kier alpha value is -2.58. The summed E-state index contributed by atoms with van der Waals surface area (Å²) in [5.41, 5.74) is -0.697. The van der Waals surface area contributed by atoms with Gasteiger partial charge in [-0.2, -0.15) is 0 Å². The fourth-order valence-electron chi connectivity index (χ4n) is 5.20. The van der Waals surface area contributed by atoms with E-state index in [9.17, 15) is 24.3 Å². The molecular formula is C28H34O5. The van der Waals surface area contributed by atoms with Gasteiger partial charge in [-0.25, -0.2) is 0 Å². The van der Waals surface area contributed by atoms with Gasteiger partial charge in [-0.15, -0.1) is 0 Å². The minimum atomic E-state index is -1.14. The maximum Gasteiger partial charge on any atom is 0.144 e. The zero-order chi connectivity index (χ0) is 24.8. The van der Waals surface area contributed by atoms with Crippen molar-refractivity contribution in [1.82, 2.24) is 0 Å². The predicted molar refractivity (Wildman–Crippen MR) is 125 cm³/mol. The second kappa shape index (κ2) is 8.65. The number of benzene rings is 1. The van der Waals surface area contributed by atoms with E-state index in [1.165, 1.54) is 0 Å². The van der Waals surface area contributed by atoms with Gasteiger partial charge in [0.25, 0.3) is 0 Å². The van der Waals surface area contributed by atoms with Crippen LogP contribution in [-0.4, -0.2) is 33.8 Å². The standard InChI is InChI=1S/C28H34O5/c1-26(2)13-19(29)24(20(30)14-26)23(25-21(31)15-27(3,4)16-22(25)32)18-9-7-17(8-10-18)11-12-28(5,6)33/h7-10,23-25,33H,13-16H2,1-6H3. The summed E-state index contributed by atoms with van der Waals surface area (Å²) in [6, 6.07) is 6.98. The van der Waals surface area contributed by atoms with E-state index in [-0.39, 0.29) is 48.8 Å². The number of Topliss-reactive ketones (excluding diaryl/α,β-unsaturated/α-hetero) is 4. The second-order valence-electron chi connectivity index (χ2n) is 11.8. The predicted octanol–water partition coefficient (Wildman–Crippen LogP) is 4.04. The van der Waals surface area contributed by atoms with Crippen molar-refractivity contribution >= 4 is 23.1 Å². The summed E-state index contributed by atoms with van der Waals surface area (Å²) in [7, 11) is 0. The molecule has 0 bridgehead atoms. The second-order valence-corrected chi connectivity index (χ2v) is 11.8. The van der Waals surface area contributed by atoms with Crippen LogP contribution >= 0.6 is 0 Å². The molecule has 33 heavy (non-hydrogen) atoms. The van der Waals surface area contributed by atoms with E-state index in [4.69, 9.17) is 0 Å². The molecule has 5 heteroatoms. The summed E-state index contributed by atoms with van der Waals surface area (Å²) in [5, 5.41) is 9.84. The van der Waals surface area contributed by atoms with E-state index < -0.39 is 34.2 Å². The highest BCUT2D eigenvalue weighted by Crippen LogP contribution is 2.47. The van der Waals surface area contributed by atoms with Crippen molar-refractivity contribution in [1.29, 1.82) is 0 Å². The summed E-state index contributed by atoms with van der Waals surface area (Å²) in [4.78, 5) is 52.8. The first-order valence-corrected chi connectivity index (χ1v) is 11.5. The highest BCUT2D eigenvalue weighted by atomic mass is 16.3. The van der Waals surface area contributed by atoms with E-state index >= 15 is 0 Å². The molecule has 176 valence electrons. The number of carbonyl (C=O) groups excluding carboxylic acids is 4. The third-order valence-corrected chi connectivity index (χ3v) is 6.53. The van der Waals surface area contributed by atoms with Crippen LogP contribution in [0, 0.1) is 34.5 Å². The van der Waals surface area contributed by atoms with Gasteiger partial charge in [0.15, 0.2) is 0 Å². The van der Waals surface area contributed by atoms with Crippen molar-refractivity contribution in [2.24, 2.45) is 22.7 Å². The topological polar surface area (TPSA) is 88.5 Å². The van der Waals surface area contributed by atoms with Gasteiger partial charge in [-0.3, -0.25) is 19.2 Å². The van der Waals surface area contributed by atoms with Crippen LogP contribution in [0.5, 0.6) is 0 Å². The van der Waals surface area contributed by atoms with Crippen LogP contribution in [0.25, 0.3) is 0 Å². The van der Waals surface area contributed by atoms with Crippen LogP contribution in [0.1, 0.15) is 84.3 Å². The number of ketones is 4. The summed E-state index contributed by atoms with van der Waals surface area (Å²) >= 11 is 0. The first kappa shape index (κ1) is 25.1. The van der Waals surface area contributed by atoms with Gasteiger partial charge in [0, 0.05) is 37.2 Å². The number of aliphatic hydroxyl groups is 1. The molecule has 0 amide bonds. The lowest BCUT2D eigenvalue weighted by atomic mass is 9.59. The molecule has 0 heterocycles. The van der Waals surface area contributed by atoms with Gasteiger partial charge >= 0.3 is 0 Å². The van der Waals surface area contributed by atoms with E-state index in [0.29, 0.717) is 11.1 Å². The minimum absolute atomic E-state index is 0.197. The van der Waals surface area contributed by atoms with Crippen molar-refractivity contribution in [3.63, 3.8) is 0 Å². The van der Waals surface area contributed by atoms with Crippen LogP contribution < -0.4 is 0 Å². The third kappa shape index (κ3) is 5.86. The van der Waals surface area contributed by atoms with Crippen LogP contribution in [0.15, 0.2) is 24.3 Å². The molecule has 1 aromatic carbocycles. The fraction of sp³-hybridized carbons (Fsp3) is 0.571. The molecule has 0 aliphatic heterocycles. The zero-order valence-corrected chi connectivity index (χ0v) is 20.5. The van der Waals surface area contributed by atoms with Crippen LogP contribution in [0.4, 0.5) is 0 Å². The molecule has 2 aliphatic carbocycles. The van der Waals surface area contributed by atoms with Gasteiger partial charge in [-0.1, -0.05) is 51.7 Å². The molecule has 2 saturated carbocycles. The average molecular weight is 451 g/mol. The molecule has 0 radical (unpaired) electrons. The monoisotopic (exact) mass is 450 g/mol. The molecule has 0 atom stereocenters. The summed E-state index contributed by atoms with van der Waals surface area (Å²) < 4.78 is 0. The summed E-state index contributed by atoms with van der Waals surface area (Å²) in [6.07, 6.45) is 0.983. The zero-order valence-electron chi connectivity index (χ0n) is 20.5. The van der Waals surface area contributed by atoms with Crippen molar-refractivity contribution in [3.8, 4) is 11.8 Å². The molecular weight excluding hydrogens is 416 g/mol. The van der Waals surface area contributed by atoms with Gasteiger partial charge in [0.1, 0.15) is 28.7 Å². The molecule has 2 aliphatic rings. The lowest BCUT2D eigenvalue weighted by Gasteiger charge is -2.41. The molecule has 0 saturated heterocycles. The SMILES string of the molecule is CC(C)(O)C#Cc1ccc(C(C2C(=O)CC(C)(C)CC2=O)C2C(=O)CC(C)(C)CC2=O)cc1. The average Bonchev–Trinajstić information content (AvgIpc) is 2.62. The highest BCUT2D eigenvalue weighted by Gasteiger charge is 2.52. The smallest absolute Gasteiger partial charge is 0.144 e. The van der Waals surface area contributed by atoms with Crippen molar-refractivity contribution in [2.45, 2.75) is 78.7 Å². The van der Waals surface area contributed by atoms with E-state index in [1.54, 1.807) is 38.1 Å². The maximum absolute atomic E-state index is 13.2. The normalized spacial score (nSPS) is 21.8. The van der Waals surface area contributed by atoms with Gasteiger partial charge in [0.05, 0.1) is 11.8 Å². The number of carbonyl (C=O) groups is 4. The Morgan fingerprint density at radius 3 is 1.48 bits per heavy atom. The van der Waals surface area contributed by atoms with Gasteiger partial charge < -0.3 is 5.11 Å². The molecule has 2 fully saturated rings. The molecule has 1 aromatic rings. The first-order valence-electron chi connectivity index (χ1n) is 11.5. The number of hydrogen-bond acceptors (Lipinski definition) is 5. The minimum Gasteiger partial charge on any atom is -0.378 e. The molecule has 0 aromatic heterocycles. The molecule has 0 unspecified atom stereocenters. The van der Waals surface area contributed by atoms with Crippen LogP contribution in [-0.2, 0) is 19.2 Å². The quantitative estimate of drug-likeness (QED) is 0.555. The van der Waals surface area contributed by atoms with Crippen molar-refractivity contribution < 1.29 is 24.3 Å². The Morgan fingerprint density at radius 2 is 1.15 bits per heavy atom. The van der Waals surface area contributed by atoms with E-state index in [2.05, 4.69) is 11.8 Å². The maximum atomic E-state index is 13.2. The highest BCUT2D eigenvalue weighted by molar-refractivity contribution is 6.11. The largest absolute Gasteiger partial charge is 0.378 e. The van der Waals surface area contributed by atoms with Crippen molar-refractivity contribution in [3.05, 3.63) is 35.4 Å². The Kier molecular flexibility index (Phi) is 6.56. The Labute approximate surface area is 196 Å². The number of hydrogen-bond donors (Lipinski definition) is 1. The molecule has 5 nitrogen and oxygen atoms in total. The van der Waals surface area contributed by atoms with Crippen LogP contribution in [0.2, 0.25) is 0 Å². The summed E-state index contributed by atoms with van der Waals surface area (Å²) in [5.74, 6) is 2.07. The third-order valence-electron chi connectivity index (χ3n) is 6.53.